The molecule has 5 heteroatoms. The van der Waals surface area contributed by atoms with Crippen molar-refractivity contribution in [1.82, 2.24) is 9.78 Å². The van der Waals surface area contributed by atoms with E-state index in [0.717, 1.165) is 11.2 Å². The molecule has 5 rings (SSSR count). The normalized spacial score (nSPS) is 13.7. The zero-order valence-corrected chi connectivity index (χ0v) is 18.8. The molecular formula is C23H20Cl2N2Ti-2. The molecule has 1 aromatic heterocycles. The van der Waals surface area contributed by atoms with Gasteiger partial charge in [0.2, 0.25) is 0 Å². The molecule has 0 spiro atoms. The average Bonchev–Trinajstić information content (AvgIpc) is 3.39. The van der Waals surface area contributed by atoms with Crippen molar-refractivity contribution >= 4 is 40.3 Å². The number of para-hydroxylation sites is 1. The topological polar surface area (TPSA) is 17.8 Å². The van der Waals surface area contributed by atoms with Gasteiger partial charge in [-0.15, -0.1) is 41.1 Å². The molecule has 0 atom stereocenters. The van der Waals surface area contributed by atoms with Crippen molar-refractivity contribution in [3.63, 3.8) is 0 Å². The fraction of sp³-hybridized carbons (Fsp3) is 0.130. The summed E-state index contributed by atoms with van der Waals surface area (Å²) in [6, 6.07) is 21.0. The smallest absolute Gasteiger partial charge is 0.0721 e. The molecule has 1 aliphatic carbocycles. The minimum atomic E-state index is -0.556. The van der Waals surface area contributed by atoms with Crippen LogP contribution in [0.5, 0.6) is 0 Å². The monoisotopic (exact) mass is 442 g/mol. The number of aromatic nitrogens is 2. The molecule has 142 valence electrons. The number of hydrogen-bond acceptors (Lipinski definition) is 1. The van der Waals surface area contributed by atoms with Gasteiger partial charge in [-0.3, -0.25) is 10.8 Å². The summed E-state index contributed by atoms with van der Waals surface area (Å²) in [6.45, 7) is 4.26. The number of allylic oxidation sites excluding steroid dienone is 4. The van der Waals surface area contributed by atoms with Crippen LogP contribution >= 0.6 is 18.6 Å². The Morgan fingerprint density at radius 1 is 1.04 bits per heavy atom. The first-order valence-corrected chi connectivity index (χ1v) is 13.2. The summed E-state index contributed by atoms with van der Waals surface area (Å²) in [5.74, 6) is 0. The van der Waals surface area contributed by atoms with E-state index in [4.69, 9.17) is 18.6 Å². The maximum Gasteiger partial charge on any atom is 0.0721 e. The fourth-order valence-electron chi connectivity index (χ4n) is 3.03. The standard InChI is InChI=1S/C16H11N2.C7H9.2ClH.Ti/c1-2-6-13-10-15(9-12(13)5-1)18-16-8-4-3-7-14(16)11-17-18;1-7(2)5-3-4-6-7;;;/h1-11H;3-5H,1-2H3;2*1H;/q2*-1;;;+2/p-2. The van der Waals surface area contributed by atoms with Crippen molar-refractivity contribution in [2.24, 2.45) is 5.41 Å². The Morgan fingerprint density at radius 2 is 1.71 bits per heavy atom. The largest absolute Gasteiger partial charge is 0.252 e. The van der Waals surface area contributed by atoms with E-state index in [1.165, 1.54) is 16.2 Å². The third-order valence-corrected chi connectivity index (χ3v) is 4.39. The summed E-state index contributed by atoms with van der Waals surface area (Å²) in [7, 11) is 9.78. The van der Waals surface area contributed by atoms with Gasteiger partial charge in [0.15, 0.2) is 0 Å². The number of benzene rings is 2. The van der Waals surface area contributed by atoms with Crippen LogP contribution in [0.2, 0.25) is 0 Å². The maximum absolute atomic E-state index is 4.89. The second-order valence-electron chi connectivity index (χ2n) is 6.92. The van der Waals surface area contributed by atoms with Gasteiger partial charge in [-0.25, -0.2) is 12.2 Å². The Kier molecular flexibility index (Phi) is 7.26. The van der Waals surface area contributed by atoms with Crippen LogP contribution in [-0.2, 0) is 17.0 Å². The van der Waals surface area contributed by atoms with Gasteiger partial charge in [0.05, 0.1) is 11.7 Å². The van der Waals surface area contributed by atoms with Gasteiger partial charge in [-0.1, -0.05) is 43.5 Å². The van der Waals surface area contributed by atoms with Gasteiger partial charge in [-0.05, 0) is 11.8 Å². The summed E-state index contributed by atoms with van der Waals surface area (Å²) in [4.78, 5) is 0. The van der Waals surface area contributed by atoms with Gasteiger partial charge >= 0.3 is 35.6 Å². The second-order valence-corrected chi connectivity index (χ2v) is 9.50. The van der Waals surface area contributed by atoms with Crippen molar-refractivity contribution in [3.8, 4) is 5.69 Å². The molecule has 0 saturated heterocycles. The van der Waals surface area contributed by atoms with Crippen molar-refractivity contribution in [2.45, 2.75) is 13.8 Å². The predicted molar refractivity (Wildman–Crippen MR) is 117 cm³/mol. The zero-order chi connectivity index (χ0) is 20.0. The minimum Gasteiger partial charge on any atom is -0.252 e. The molecule has 0 saturated carbocycles. The SMILES string of the molecule is CC1(C)[C-]=CC=C1.[Cl][Ti][Cl].c1ccc2[cH-]c(-n3ncc4ccccc43)cc2c1. The van der Waals surface area contributed by atoms with Gasteiger partial charge in [-0.2, -0.15) is 11.2 Å². The van der Waals surface area contributed by atoms with E-state index in [2.05, 4.69) is 79.6 Å². The van der Waals surface area contributed by atoms with E-state index in [-0.39, 0.29) is 5.41 Å². The molecule has 0 bridgehead atoms. The molecule has 4 aromatic rings. The molecule has 0 aliphatic heterocycles. The van der Waals surface area contributed by atoms with Gasteiger partial charge in [0.25, 0.3) is 0 Å². The van der Waals surface area contributed by atoms with E-state index in [9.17, 15) is 0 Å². The summed E-state index contributed by atoms with van der Waals surface area (Å²) in [6.07, 6.45) is 11.2. The number of fused-ring (bicyclic) bond motifs is 2. The summed E-state index contributed by atoms with van der Waals surface area (Å²) >= 11 is -0.556. The Hall–Kier alpha value is -1.71. The zero-order valence-electron chi connectivity index (χ0n) is 15.7. The van der Waals surface area contributed by atoms with E-state index < -0.39 is 17.0 Å². The maximum atomic E-state index is 4.89. The minimum absolute atomic E-state index is 0.208. The molecule has 0 fully saturated rings. The number of hydrogen-bond donors (Lipinski definition) is 0. The summed E-state index contributed by atoms with van der Waals surface area (Å²) in [5, 5.41) is 8.16. The van der Waals surface area contributed by atoms with Crippen LogP contribution < -0.4 is 0 Å². The van der Waals surface area contributed by atoms with E-state index in [1.807, 2.05) is 35.2 Å². The van der Waals surface area contributed by atoms with Crippen LogP contribution in [0.4, 0.5) is 0 Å². The Labute approximate surface area is 182 Å². The predicted octanol–water partition coefficient (Wildman–Crippen LogP) is 7.22. The number of halogens is 2. The van der Waals surface area contributed by atoms with Crippen LogP contribution in [0.1, 0.15) is 13.8 Å². The van der Waals surface area contributed by atoms with Crippen molar-refractivity contribution < 1.29 is 17.0 Å². The molecule has 2 nitrogen and oxygen atoms in total. The molecule has 0 N–H and O–H groups in total. The molecule has 3 aromatic carbocycles. The van der Waals surface area contributed by atoms with Crippen molar-refractivity contribution in [2.75, 3.05) is 0 Å². The van der Waals surface area contributed by atoms with Crippen molar-refractivity contribution in [3.05, 3.63) is 91.2 Å². The van der Waals surface area contributed by atoms with Gasteiger partial charge < -0.3 is 0 Å². The molecule has 0 radical (unpaired) electrons. The van der Waals surface area contributed by atoms with Crippen LogP contribution in [-0.4, -0.2) is 9.78 Å². The van der Waals surface area contributed by atoms with Crippen LogP contribution in [0, 0.1) is 11.5 Å². The fourth-order valence-corrected chi connectivity index (χ4v) is 3.03. The number of rotatable bonds is 1. The van der Waals surface area contributed by atoms with Crippen molar-refractivity contribution in [1.29, 1.82) is 0 Å². The Bertz CT molecular complexity index is 1060. The quantitative estimate of drug-likeness (QED) is 0.225. The van der Waals surface area contributed by atoms with E-state index >= 15 is 0 Å². The molecule has 0 amide bonds. The third kappa shape index (κ3) is 5.21. The number of nitrogens with zero attached hydrogens (tertiary/aromatic N) is 2. The van der Waals surface area contributed by atoms with Gasteiger partial charge in [0.1, 0.15) is 0 Å². The first-order chi connectivity index (χ1) is 13.5. The first-order valence-electron chi connectivity index (χ1n) is 8.88. The van der Waals surface area contributed by atoms with Crippen LogP contribution in [0.25, 0.3) is 27.4 Å². The summed E-state index contributed by atoms with van der Waals surface area (Å²) < 4.78 is 2.00. The Balaban J connectivity index is 0.000000188. The third-order valence-electron chi connectivity index (χ3n) is 4.39. The van der Waals surface area contributed by atoms with E-state index in [1.54, 1.807) is 0 Å². The second kappa shape index (κ2) is 9.67. The molecule has 0 unspecified atom stereocenters. The molecule has 1 heterocycles. The van der Waals surface area contributed by atoms with Gasteiger partial charge in [0, 0.05) is 5.39 Å². The van der Waals surface area contributed by atoms with E-state index in [0.29, 0.717) is 0 Å². The molecule has 28 heavy (non-hydrogen) atoms. The Morgan fingerprint density at radius 3 is 2.32 bits per heavy atom. The molecular weight excluding hydrogens is 423 g/mol. The average molecular weight is 443 g/mol. The van der Waals surface area contributed by atoms with Crippen LogP contribution in [0.3, 0.4) is 0 Å². The molecule has 1 aliphatic rings. The van der Waals surface area contributed by atoms with Crippen LogP contribution in [0.15, 0.2) is 85.1 Å². The summed E-state index contributed by atoms with van der Waals surface area (Å²) in [5.41, 5.74) is 2.48. The first kappa shape index (κ1) is 21.0.